The van der Waals surface area contributed by atoms with E-state index in [0.717, 1.165) is 5.69 Å². The Bertz CT molecular complexity index is 250. The number of nitrogens with zero attached hydrogens (tertiary/aromatic N) is 1. The molecule has 2 heterocycles. The van der Waals surface area contributed by atoms with Crippen LogP contribution in [0.4, 0.5) is 0 Å². The third-order valence-electron chi connectivity index (χ3n) is 1.39. The zero-order valence-electron chi connectivity index (χ0n) is 7.33. The molecular formula is C10H17N3. The van der Waals surface area contributed by atoms with E-state index in [2.05, 4.69) is 15.0 Å². The van der Waals surface area contributed by atoms with Crippen LogP contribution in [0.25, 0.3) is 0 Å². The number of aryl methyl sites for hydroxylation is 2. The Balaban J connectivity index is 0.000000206. The predicted octanol–water partition coefficient (Wildman–Crippen LogP) is 2.68. The molecule has 3 nitrogen and oxygen atoms in total. The van der Waals surface area contributed by atoms with Crippen LogP contribution in [0.2, 0.25) is 0 Å². The summed E-state index contributed by atoms with van der Waals surface area (Å²) < 4.78 is 0. The van der Waals surface area contributed by atoms with Crippen molar-refractivity contribution in [2.75, 3.05) is 0 Å². The molecule has 13 heavy (non-hydrogen) atoms. The Hall–Kier alpha value is -1.51. The Kier molecular flexibility index (Phi) is 5.35. The first-order valence-corrected chi connectivity index (χ1v) is 3.84. The van der Waals surface area contributed by atoms with E-state index in [4.69, 9.17) is 0 Å². The maximum Gasteiger partial charge on any atom is 0.0921 e. The number of aromatic amines is 2. The van der Waals surface area contributed by atoms with E-state index in [-0.39, 0.29) is 7.43 Å². The van der Waals surface area contributed by atoms with Crippen molar-refractivity contribution < 1.29 is 0 Å². The van der Waals surface area contributed by atoms with Crippen LogP contribution in [0.1, 0.15) is 18.8 Å². The first-order valence-electron chi connectivity index (χ1n) is 3.84. The Morgan fingerprint density at radius 1 is 1.15 bits per heavy atom. The van der Waals surface area contributed by atoms with Gasteiger partial charge in [0.2, 0.25) is 0 Å². The lowest BCUT2D eigenvalue weighted by molar-refractivity contribution is 1.25. The number of nitrogens with one attached hydrogen (secondary N) is 2. The van der Waals surface area contributed by atoms with Gasteiger partial charge in [0.25, 0.3) is 0 Å². The van der Waals surface area contributed by atoms with Crippen molar-refractivity contribution >= 4 is 0 Å². The van der Waals surface area contributed by atoms with E-state index in [1.807, 2.05) is 32.2 Å². The van der Waals surface area contributed by atoms with Crippen LogP contribution in [0.3, 0.4) is 0 Å². The lowest BCUT2D eigenvalue weighted by Gasteiger charge is -1.70. The van der Waals surface area contributed by atoms with E-state index in [1.54, 1.807) is 12.5 Å². The first-order chi connectivity index (χ1) is 5.79. The van der Waals surface area contributed by atoms with E-state index in [9.17, 15) is 0 Å². The third-order valence-corrected chi connectivity index (χ3v) is 1.39. The number of imidazole rings is 1. The molecule has 2 aromatic heterocycles. The summed E-state index contributed by atoms with van der Waals surface area (Å²) in [6.45, 7) is 3.99. The molecule has 2 N–H and O–H groups in total. The molecule has 0 aliphatic heterocycles. The highest BCUT2D eigenvalue weighted by Gasteiger charge is 1.73. The molecule has 0 atom stereocenters. The van der Waals surface area contributed by atoms with Gasteiger partial charge in [-0.1, -0.05) is 7.43 Å². The molecule has 0 bridgehead atoms. The van der Waals surface area contributed by atoms with Gasteiger partial charge in [0, 0.05) is 23.8 Å². The van der Waals surface area contributed by atoms with Crippen molar-refractivity contribution in [1.82, 2.24) is 15.0 Å². The molecular weight excluding hydrogens is 162 g/mol. The summed E-state index contributed by atoms with van der Waals surface area (Å²) in [5.74, 6) is 0. The van der Waals surface area contributed by atoms with E-state index in [0.29, 0.717) is 0 Å². The second-order valence-electron chi connectivity index (χ2n) is 2.59. The van der Waals surface area contributed by atoms with Crippen molar-refractivity contribution in [1.29, 1.82) is 0 Å². The van der Waals surface area contributed by atoms with Gasteiger partial charge in [0.05, 0.1) is 6.33 Å². The van der Waals surface area contributed by atoms with Gasteiger partial charge in [0.1, 0.15) is 0 Å². The average molecular weight is 179 g/mol. The van der Waals surface area contributed by atoms with Crippen LogP contribution in [-0.4, -0.2) is 15.0 Å². The lowest BCUT2D eigenvalue weighted by Crippen LogP contribution is -1.59. The van der Waals surface area contributed by atoms with Crippen LogP contribution in [-0.2, 0) is 0 Å². The Morgan fingerprint density at radius 2 is 1.92 bits per heavy atom. The van der Waals surface area contributed by atoms with E-state index < -0.39 is 0 Å². The number of rotatable bonds is 0. The minimum absolute atomic E-state index is 0. The molecule has 0 spiro atoms. The summed E-state index contributed by atoms with van der Waals surface area (Å²) in [6, 6.07) is 4.01. The molecule has 0 fully saturated rings. The second-order valence-corrected chi connectivity index (χ2v) is 2.59. The Morgan fingerprint density at radius 3 is 2.08 bits per heavy atom. The van der Waals surface area contributed by atoms with Crippen LogP contribution < -0.4 is 0 Å². The largest absolute Gasteiger partial charge is 0.365 e. The van der Waals surface area contributed by atoms with Crippen molar-refractivity contribution in [3.63, 3.8) is 0 Å². The zero-order chi connectivity index (χ0) is 8.81. The molecule has 3 heteroatoms. The fourth-order valence-electron chi connectivity index (χ4n) is 0.746. The van der Waals surface area contributed by atoms with Gasteiger partial charge in [0.15, 0.2) is 0 Å². The lowest BCUT2D eigenvalue weighted by atomic mass is 10.5. The van der Waals surface area contributed by atoms with Crippen LogP contribution in [0, 0.1) is 13.8 Å². The highest BCUT2D eigenvalue weighted by atomic mass is 14.8. The highest BCUT2D eigenvalue weighted by molar-refractivity contribution is 4.99. The second kappa shape index (κ2) is 6.06. The monoisotopic (exact) mass is 179 g/mol. The standard InChI is InChI=1S/C5H7N.C4H6N2.CH4/c1-5-3-2-4-6-5;1-4-2-5-3-6-4;/h2-4,6H,1H3;2-3H,1H3,(H,5,6);1H4. The summed E-state index contributed by atoms with van der Waals surface area (Å²) >= 11 is 0. The van der Waals surface area contributed by atoms with Crippen LogP contribution in [0.5, 0.6) is 0 Å². The molecule has 72 valence electrons. The number of hydrogen-bond acceptors (Lipinski definition) is 1. The molecule has 2 rings (SSSR count). The van der Waals surface area contributed by atoms with Crippen molar-refractivity contribution in [3.05, 3.63) is 42.2 Å². The highest BCUT2D eigenvalue weighted by Crippen LogP contribution is 1.86. The normalized spacial score (nSPS) is 8.15. The topological polar surface area (TPSA) is 44.5 Å². The number of hydrogen-bond donors (Lipinski definition) is 2. The fourth-order valence-corrected chi connectivity index (χ4v) is 0.746. The summed E-state index contributed by atoms with van der Waals surface area (Å²) in [7, 11) is 0. The number of H-pyrrole nitrogens is 2. The first kappa shape index (κ1) is 11.5. The number of aromatic nitrogens is 3. The maximum absolute atomic E-state index is 3.77. The molecule has 0 aromatic carbocycles. The van der Waals surface area contributed by atoms with Gasteiger partial charge in [-0.15, -0.1) is 0 Å². The Labute approximate surface area is 79.2 Å². The minimum atomic E-state index is 0. The molecule has 0 amide bonds. The maximum atomic E-state index is 3.77. The smallest absolute Gasteiger partial charge is 0.0921 e. The molecule has 0 aliphatic carbocycles. The average Bonchev–Trinajstić information content (AvgIpc) is 2.63. The summed E-state index contributed by atoms with van der Waals surface area (Å²) in [5, 5.41) is 0. The summed E-state index contributed by atoms with van der Waals surface area (Å²) in [5.41, 5.74) is 2.32. The SMILES string of the molecule is C.Cc1ccc[nH]1.Cc1cnc[nH]1. The quantitative estimate of drug-likeness (QED) is 0.641. The third kappa shape index (κ3) is 4.85. The van der Waals surface area contributed by atoms with Crippen LogP contribution in [0.15, 0.2) is 30.9 Å². The predicted molar refractivity (Wildman–Crippen MR) is 55.6 cm³/mol. The molecule has 2 aromatic rings. The van der Waals surface area contributed by atoms with Gasteiger partial charge in [-0.05, 0) is 26.0 Å². The van der Waals surface area contributed by atoms with E-state index in [1.165, 1.54) is 5.69 Å². The molecule has 0 saturated carbocycles. The van der Waals surface area contributed by atoms with Crippen LogP contribution >= 0.6 is 0 Å². The minimum Gasteiger partial charge on any atom is -0.365 e. The van der Waals surface area contributed by atoms with Crippen molar-refractivity contribution in [3.8, 4) is 0 Å². The molecule has 0 unspecified atom stereocenters. The van der Waals surface area contributed by atoms with Gasteiger partial charge in [-0.2, -0.15) is 0 Å². The van der Waals surface area contributed by atoms with Crippen molar-refractivity contribution in [2.45, 2.75) is 21.3 Å². The van der Waals surface area contributed by atoms with Gasteiger partial charge in [-0.25, -0.2) is 4.98 Å². The van der Waals surface area contributed by atoms with Gasteiger partial charge >= 0.3 is 0 Å². The molecule has 0 aliphatic rings. The molecule has 0 radical (unpaired) electrons. The van der Waals surface area contributed by atoms with Gasteiger partial charge < -0.3 is 9.97 Å². The fraction of sp³-hybridized carbons (Fsp3) is 0.300. The summed E-state index contributed by atoms with van der Waals surface area (Å²) in [6.07, 6.45) is 5.35. The van der Waals surface area contributed by atoms with E-state index >= 15 is 0 Å². The molecule has 0 saturated heterocycles. The van der Waals surface area contributed by atoms with Gasteiger partial charge in [-0.3, -0.25) is 0 Å². The zero-order valence-corrected chi connectivity index (χ0v) is 7.33. The summed E-state index contributed by atoms with van der Waals surface area (Å²) in [4.78, 5) is 9.66. The van der Waals surface area contributed by atoms with Crippen molar-refractivity contribution in [2.24, 2.45) is 0 Å².